The van der Waals surface area contributed by atoms with Crippen molar-refractivity contribution in [3.05, 3.63) is 83.2 Å². The molecular weight excluding hydrogens is 534 g/mol. The molecule has 7 nitrogen and oxygen atoms in total. The van der Waals surface area contributed by atoms with Crippen LogP contribution in [0.4, 0.5) is 8.78 Å². The largest absolute Gasteiger partial charge is 0.332 e. The van der Waals surface area contributed by atoms with Gasteiger partial charge in [-0.25, -0.2) is 17.2 Å². The quantitative estimate of drug-likeness (QED) is 0.383. The highest BCUT2D eigenvalue weighted by molar-refractivity contribution is 7.90. The van der Waals surface area contributed by atoms with Crippen LogP contribution < -0.4 is 0 Å². The lowest BCUT2D eigenvalue weighted by atomic mass is 9.90. The van der Waals surface area contributed by atoms with Crippen molar-refractivity contribution in [2.24, 2.45) is 0 Å². The number of carbonyl (C=O) groups excluding carboxylic acids is 1. The number of alkyl halides is 2. The number of sulfone groups is 1. The van der Waals surface area contributed by atoms with Crippen molar-refractivity contribution in [2.45, 2.75) is 61.9 Å². The number of rotatable bonds is 8. The molecule has 0 bridgehead atoms. The fourth-order valence-corrected chi connectivity index (χ4v) is 6.62. The fraction of sp³-hybridized carbons (Fsp3) is 0.467. The normalized spacial score (nSPS) is 20.2. The van der Waals surface area contributed by atoms with Gasteiger partial charge in [0, 0.05) is 31.8 Å². The van der Waals surface area contributed by atoms with E-state index >= 15 is 8.78 Å². The molecule has 40 heavy (non-hydrogen) atoms. The molecule has 2 saturated heterocycles. The molecule has 2 fully saturated rings. The lowest BCUT2D eigenvalue weighted by molar-refractivity contribution is -0.00244. The Balaban J connectivity index is 1.29. The van der Waals surface area contributed by atoms with Gasteiger partial charge in [0.15, 0.2) is 9.84 Å². The first-order valence-electron chi connectivity index (χ1n) is 13.9. The number of hydrogen-bond acceptors (Lipinski definition) is 5. The van der Waals surface area contributed by atoms with Crippen LogP contribution in [0.15, 0.2) is 65.7 Å². The van der Waals surface area contributed by atoms with Gasteiger partial charge in [0.25, 0.3) is 11.8 Å². The van der Waals surface area contributed by atoms with Crippen LogP contribution in [0, 0.1) is 0 Å². The van der Waals surface area contributed by atoms with Crippen molar-refractivity contribution in [3.63, 3.8) is 0 Å². The zero-order chi connectivity index (χ0) is 28.5. The van der Waals surface area contributed by atoms with E-state index in [0.29, 0.717) is 29.1 Å². The lowest BCUT2D eigenvalue weighted by Crippen LogP contribution is -2.35. The summed E-state index contributed by atoms with van der Waals surface area (Å²) in [6.07, 6.45) is 5.26. The topological polar surface area (TPSA) is 75.5 Å². The molecule has 5 rings (SSSR count). The minimum atomic E-state index is -3.23. The Morgan fingerprint density at radius 2 is 1.73 bits per heavy atom. The standard InChI is InChI=1S/C30H36F2N4O3S/c1-3-15-36-28(24-13-16-34(17-14-24)19-22-9-11-25(12-10-22)40(2,38)39)26(18-33-36)29(37)35-20-27(30(31,32)21-35)23-7-5-4-6-8-23/h4-12,18,24,27H,3,13-17,19-21H2,1-2H3. The summed E-state index contributed by atoms with van der Waals surface area (Å²) < 4.78 is 55.5. The van der Waals surface area contributed by atoms with Crippen molar-refractivity contribution in [1.29, 1.82) is 0 Å². The molecule has 0 spiro atoms. The molecule has 214 valence electrons. The molecule has 1 aromatic heterocycles. The molecule has 1 unspecified atom stereocenters. The van der Waals surface area contributed by atoms with E-state index in [2.05, 4.69) is 16.9 Å². The van der Waals surface area contributed by atoms with Crippen LogP contribution in [0.2, 0.25) is 0 Å². The Hall–Kier alpha value is -3.11. The summed E-state index contributed by atoms with van der Waals surface area (Å²) in [5, 5.41) is 4.52. The first-order chi connectivity index (χ1) is 19.1. The van der Waals surface area contributed by atoms with E-state index in [1.54, 1.807) is 48.7 Å². The Labute approximate surface area is 234 Å². The number of aromatic nitrogens is 2. The van der Waals surface area contributed by atoms with E-state index in [1.807, 2.05) is 16.8 Å². The average Bonchev–Trinajstić information content (AvgIpc) is 3.49. The highest BCUT2D eigenvalue weighted by atomic mass is 32.2. The van der Waals surface area contributed by atoms with E-state index in [4.69, 9.17) is 0 Å². The van der Waals surface area contributed by atoms with Crippen molar-refractivity contribution in [3.8, 4) is 0 Å². The maximum absolute atomic E-state index is 15.1. The zero-order valence-corrected chi connectivity index (χ0v) is 23.8. The van der Waals surface area contributed by atoms with Gasteiger partial charge in [0.1, 0.15) is 0 Å². The number of hydrogen-bond donors (Lipinski definition) is 0. The molecule has 2 aromatic carbocycles. The Bertz CT molecular complexity index is 1430. The third-order valence-electron chi connectivity index (χ3n) is 8.08. The van der Waals surface area contributed by atoms with E-state index in [9.17, 15) is 13.2 Å². The Morgan fingerprint density at radius 1 is 1.05 bits per heavy atom. The van der Waals surface area contributed by atoms with Crippen LogP contribution in [-0.2, 0) is 22.9 Å². The highest BCUT2D eigenvalue weighted by Gasteiger charge is 2.50. The molecule has 2 aliphatic rings. The molecule has 0 N–H and O–H groups in total. The maximum atomic E-state index is 15.1. The summed E-state index contributed by atoms with van der Waals surface area (Å²) in [5.74, 6) is -4.29. The minimum absolute atomic E-state index is 0.0230. The number of halogens is 2. The monoisotopic (exact) mass is 570 g/mol. The van der Waals surface area contributed by atoms with Gasteiger partial charge in [-0.1, -0.05) is 49.4 Å². The second-order valence-corrected chi connectivity index (χ2v) is 13.1. The summed E-state index contributed by atoms with van der Waals surface area (Å²) in [6, 6.07) is 15.7. The van der Waals surface area contributed by atoms with Gasteiger partial charge in [0.05, 0.1) is 34.8 Å². The van der Waals surface area contributed by atoms with Gasteiger partial charge >= 0.3 is 0 Å². The second kappa shape index (κ2) is 11.4. The predicted molar refractivity (Wildman–Crippen MR) is 149 cm³/mol. The minimum Gasteiger partial charge on any atom is -0.332 e. The van der Waals surface area contributed by atoms with Gasteiger partial charge in [-0.3, -0.25) is 14.4 Å². The summed E-state index contributed by atoms with van der Waals surface area (Å²) >= 11 is 0. The number of aryl methyl sites for hydroxylation is 1. The van der Waals surface area contributed by atoms with E-state index < -0.39 is 28.2 Å². The molecule has 0 radical (unpaired) electrons. The molecule has 2 aliphatic heterocycles. The SMILES string of the molecule is CCCn1ncc(C(=O)N2CC(c3ccccc3)C(F)(F)C2)c1C1CCN(Cc2ccc(S(C)(=O)=O)cc2)CC1. The number of carbonyl (C=O) groups is 1. The van der Waals surface area contributed by atoms with Crippen molar-refractivity contribution in [2.75, 3.05) is 32.4 Å². The number of amides is 1. The van der Waals surface area contributed by atoms with Crippen molar-refractivity contribution < 1.29 is 22.0 Å². The van der Waals surface area contributed by atoms with Gasteiger partial charge in [0.2, 0.25) is 0 Å². The molecule has 3 heterocycles. The smallest absolute Gasteiger partial charge is 0.273 e. The molecule has 0 saturated carbocycles. The van der Waals surface area contributed by atoms with Crippen LogP contribution in [0.1, 0.15) is 65.2 Å². The van der Waals surface area contributed by atoms with E-state index in [1.165, 1.54) is 11.2 Å². The Kier molecular flexibility index (Phi) is 8.10. The summed E-state index contributed by atoms with van der Waals surface area (Å²) in [6.45, 7) is 4.42. The van der Waals surface area contributed by atoms with Gasteiger partial charge in [-0.15, -0.1) is 0 Å². The van der Waals surface area contributed by atoms with Gasteiger partial charge in [-0.05, 0) is 55.6 Å². The average molecular weight is 571 g/mol. The van der Waals surface area contributed by atoms with Crippen LogP contribution in [0.5, 0.6) is 0 Å². The first kappa shape index (κ1) is 28.4. The number of likely N-dealkylation sites (tertiary alicyclic amines) is 2. The van der Waals surface area contributed by atoms with Crippen LogP contribution in [0.25, 0.3) is 0 Å². The summed E-state index contributed by atoms with van der Waals surface area (Å²) in [5.41, 5.74) is 2.88. The Morgan fingerprint density at radius 3 is 2.35 bits per heavy atom. The molecule has 1 amide bonds. The highest BCUT2D eigenvalue weighted by Crippen LogP contribution is 2.41. The molecule has 0 aliphatic carbocycles. The predicted octanol–water partition coefficient (Wildman–Crippen LogP) is 4.95. The third-order valence-corrected chi connectivity index (χ3v) is 9.21. The number of nitrogens with zero attached hydrogens (tertiary/aromatic N) is 4. The van der Waals surface area contributed by atoms with Crippen LogP contribution in [-0.4, -0.2) is 72.3 Å². The molecule has 10 heteroatoms. The summed E-state index contributed by atoms with van der Waals surface area (Å²) in [4.78, 5) is 17.6. The second-order valence-electron chi connectivity index (χ2n) is 11.0. The first-order valence-corrected chi connectivity index (χ1v) is 15.7. The number of benzene rings is 2. The van der Waals surface area contributed by atoms with Crippen molar-refractivity contribution >= 4 is 15.7 Å². The summed E-state index contributed by atoms with van der Waals surface area (Å²) in [7, 11) is -3.23. The molecule has 3 aromatic rings. The number of piperidine rings is 1. The maximum Gasteiger partial charge on any atom is 0.273 e. The van der Waals surface area contributed by atoms with Gasteiger partial charge in [-0.2, -0.15) is 5.10 Å². The lowest BCUT2D eigenvalue weighted by Gasteiger charge is -2.33. The van der Waals surface area contributed by atoms with Crippen LogP contribution in [0.3, 0.4) is 0 Å². The fourth-order valence-electron chi connectivity index (χ4n) is 5.99. The molecular formula is C30H36F2N4O3S. The molecule has 1 atom stereocenters. The van der Waals surface area contributed by atoms with E-state index in [0.717, 1.165) is 43.6 Å². The van der Waals surface area contributed by atoms with E-state index in [-0.39, 0.29) is 18.4 Å². The third kappa shape index (κ3) is 5.98. The zero-order valence-electron chi connectivity index (χ0n) is 23.0. The van der Waals surface area contributed by atoms with Crippen molar-refractivity contribution in [1.82, 2.24) is 19.6 Å². The van der Waals surface area contributed by atoms with Gasteiger partial charge < -0.3 is 4.90 Å². The van der Waals surface area contributed by atoms with Crippen LogP contribution >= 0.6 is 0 Å².